The monoisotopic (exact) mass is 219 g/mol. The lowest BCUT2D eigenvalue weighted by molar-refractivity contribution is -0.111. The number of carbonyl (C=O) groups excluding carboxylic acids is 1. The van der Waals surface area contributed by atoms with Crippen molar-refractivity contribution < 1.29 is 9.53 Å². The predicted octanol–water partition coefficient (Wildman–Crippen LogP) is 2.94. The predicted molar refractivity (Wildman–Crippen MR) is 65.9 cm³/mol. The van der Waals surface area contributed by atoms with Crippen molar-refractivity contribution >= 4 is 11.6 Å². The minimum atomic E-state index is -0.208. The summed E-state index contributed by atoms with van der Waals surface area (Å²) < 4.78 is 5.26. The van der Waals surface area contributed by atoms with Gasteiger partial charge in [-0.2, -0.15) is 0 Å². The van der Waals surface area contributed by atoms with Gasteiger partial charge >= 0.3 is 0 Å². The van der Waals surface area contributed by atoms with Crippen LogP contribution in [0.25, 0.3) is 0 Å². The molecule has 1 aromatic rings. The molecule has 86 valence electrons. The van der Waals surface area contributed by atoms with E-state index in [1.165, 1.54) is 6.08 Å². The summed E-state index contributed by atoms with van der Waals surface area (Å²) in [4.78, 5) is 11.2. The van der Waals surface area contributed by atoms with Gasteiger partial charge in [0.2, 0.25) is 5.91 Å². The first-order chi connectivity index (χ1) is 7.58. The zero-order chi connectivity index (χ0) is 12.1. The van der Waals surface area contributed by atoms with E-state index in [2.05, 4.69) is 25.7 Å². The molecule has 0 heterocycles. The van der Waals surface area contributed by atoms with Crippen LogP contribution in [-0.4, -0.2) is 13.0 Å². The van der Waals surface area contributed by atoms with Gasteiger partial charge in [0.1, 0.15) is 5.75 Å². The number of carbonyl (C=O) groups is 1. The van der Waals surface area contributed by atoms with Crippen LogP contribution in [0.1, 0.15) is 25.3 Å². The van der Waals surface area contributed by atoms with Gasteiger partial charge in [0.15, 0.2) is 0 Å². The summed E-state index contributed by atoms with van der Waals surface area (Å²) in [6.07, 6.45) is 1.25. The molecule has 0 atom stereocenters. The van der Waals surface area contributed by atoms with Crippen molar-refractivity contribution in [2.24, 2.45) is 0 Å². The zero-order valence-corrected chi connectivity index (χ0v) is 9.91. The summed E-state index contributed by atoms with van der Waals surface area (Å²) in [6, 6.07) is 5.59. The molecule has 0 saturated heterocycles. The molecule has 0 radical (unpaired) electrons. The van der Waals surface area contributed by atoms with Gasteiger partial charge in [-0.3, -0.25) is 4.79 Å². The van der Waals surface area contributed by atoms with Crippen LogP contribution in [-0.2, 0) is 4.79 Å². The van der Waals surface area contributed by atoms with Gasteiger partial charge in [0.05, 0.1) is 7.11 Å². The molecule has 1 N–H and O–H groups in total. The van der Waals surface area contributed by atoms with Crippen LogP contribution < -0.4 is 10.1 Å². The van der Waals surface area contributed by atoms with Gasteiger partial charge < -0.3 is 10.1 Å². The lowest BCUT2D eigenvalue weighted by atomic mass is 10.0. The number of benzene rings is 1. The molecule has 16 heavy (non-hydrogen) atoms. The maximum Gasteiger partial charge on any atom is 0.247 e. The first-order valence-corrected chi connectivity index (χ1v) is 5.19. The standard InChI is InChI=1S/C13H17NO2/c1-5-13(15)14-10-6-7-12(16-4)11(8-10)9(2)3/h5-9H,1H2,2-4H3,(H,14,15). The number of anilines is 1. The SMILES string of the molecule is C=CC(=O)Nc1ccc(OC)c(C(C)C)c1. The van der Waals surface area contributed by atoms with E-state index in [1.54, 1.807) is 7.11 Å². The molecule has 3 heteroatoms. The highest BCUT2D eigenvalue weighted by Crippen LogP contribution is 2.29. The Balaban J connectivity index is 3.02. The second-order valence-electron chi connectivity index (χ2n) is 3.80. The molecule has 1 amide bonds. The largest absolute Gasteiger partial charge is 0.496 e. The smallest absolute Gasteiger partial charge is 0.247 e. The lowest BCUT2D eigenvalue weighted by Crippen LogP contribution is -2.08. The van der Waals surface area contributed by atoms with Crippen LogP contribution in [0.3, 0.4) is 0 Å². The Hall–Kier alpha value is -1.77. The van der Waals surface area contributed by atoms with Gasteiger partial charge in [0, 0.05) is 5.69 Å². The Bertz CT molecular complexity index is 397. The molecule has 0 fully saturated rings. The molecule has 0 aliphatic heterocycles. The van der Waals surface area contributed by atoms with Crippen LogP contribution in [0.4, 0.5) is 5.69 Å². The number of rotatable bonds is 4. The summed E-state index contributed by atoms with van der Waals surface area (Å²) in [5, 5.41) is 2.73. The Morgan fingerprint density at radius 3 is 2.69 bits per heavy atom. The van der Waals surface area contributed by atoms with E-state index >= 15 is 0 Å². The first kappa shape index (κ1) is 12.3. The Morgan fingerprint density at radius 2 is 2.19 bits per heavy atom. The summed E-state index contributed by atoms with van der Waals surface area (Å²) in [5.41, 5.74) is 1.83. The maximum atomic E-state index is 11.2. The molecule has 1 aromatic carbocycles. The fourth-order valence-corrected chi connectivity index (χ4v) is 1.46. The van der Waals surface area contributed by atoms with E-state index in [0.29, 0.717) is 5.92 Å². The summed E-state index contributed by atoms with van der Waals surface area (Å²) in [6.45, 7) is 7.57. The molecule has 0 saturated carbocycles. The van der Waals surface area contributed by atoms with Crippen LogP contribution in [0, 0.1) is 0 Å². The third-order valence-corrected chi connectivity index (χ3v) is 2.30. The van der Waals surface area contributed by atoms with E-state index in [9.17, 15) is 4.79 Å². The van der Waals surface area contributed by atoms with Gasteiger partial charge in [-0.15, -0.1) is 0 Å². The lowest BCUT2D eigenvalue weighted by Gasteiger charge is -2.13. The van der Waals surface area contributed by atoms with Gasteiger partial charge in [-0.25, -0.2) is 0 Å². The number of amides is 1. The molecule has 0 unspecified atom stereocenters. The third kappa shape index (κ3) is 2.86. The number of nitrogens with one attached hydrogen (secondary N) is 1. The summed E-state index contributed by atoms with van der Waals surface area (Å²) in [7, 11) is 1.64. The highest BCUT2D eigenvalue weighted by molar-refractivity contribution is 5.98. The van der Waals surface area contributed by atoms with Crippen molar-refractivity contribution in [1.82, 2.24) is 0 Å². The molecule has 0 bridgehead atoms. The first-order valence-electron chi connectivity index (χ1n) is 5.19. The Labute approximate surface area is 96.1 Å². The summed E-state index contributed by atoms with van der Waals surface area (Å²) in [5.74, 6) is 0.974. The average Bonchev–Trinajstić information content (AvgIpc) is 2.28. The van der Waals surface area contributed by atoms with Crippen molar-refractivity contribution in [3.05, 3.63) is 36.4 Å². The maximum absolute atomic E-state index is 11.2. The quantitative estimate of drug-likeness (QED) is 0.791. The number of hydrogen-bond acceptors (Lipinski definition) is 2. The fraction of sp³-hybridized carbons (Fsp3) is 0.308. The highest BCUT2D eigenvalue weighted by atomic mass is 16.5. The third-order valence-electron chi connectivity index (χ3n) is 2.30. The molecule has 0 aliphatic rings. The number of ether oxygens (including phenoxy) is 1. The van der Waals surface area contributed by atoms with Crippen LogP contribution >= 0.6 is 0 Å². The van der Waals surface area contributed by atoms with E-state index in [1.807, 2.05) is 18.2 Å². The van der Waals surface area contributed by atoms with E-state index in [0.717, 1.165) is 17.0 Å². The Morgan fingerprint density at radius 1 is 1.50 bits per heavy atom. The number of hydrogen-bond donors (Lipinski definition) is 1. The molecule has 0 spiro atoms. The van der Waals surface area contributed by atoms with Gasteiger partial charge in [-0.05, 0) is 35.8 Å². The van der Waals surface area contributed by atoms with Crippen molar-refractivity contribution in [2.75, 3.05) is 12.4 Å². The van der Waals surface area contributed by atoms with E-state index < -0.39 is 0 Å². The Kier molecular flexibility index (Phi) is 4.11. The molecule has 1 rings (SSSR count). The second kappa shape index (κ2) is 5.35. The highest BCUT2D eigenvalue weighted by Gasteiger charge is 2.08. The van der Waals surface area contributed by atoms with Crippen molar-refractivity contribution in [3.8, 4) is 5.75 Å². The molecule has 3 nitrogen and oxygen atoms in total. The summed E-state index contributed by atoms with van der Waals surface area (Å²) >= 11 is 0. The normalized spacial score (nSPS) is 10.0. The molecular weight excluding hydrogens is 202 g/mol. The van der Waals surface area contributed by atoms with Crippen molar-refractivity contribution in [3.63, 3.8) is 0 Å². The number of methoxy groups -OCH3 is 1. The molecular formula is C13H17NO2. The molecule has 0 aliphatic carbocycles. The molecule has 0 aromatic heterocycles. The topological polar surface area (TPSA) is 38.3 Å². The fourth-order valence-electron chi connectivity index (χ4n) is 1.46. The van der Waals surface area contributed by atoms with E-state index in [4.69, 9.17) is 4.74 Å². The zero-order valence-electron chi connectivity index (χ0n) is 9.91. The van der Waals surface area contributed by atoms with Crippen LogP contribution in [0.2, 0.25) is 0 Å². The van der Waals surface area contributed by atoms with Gasteiger partial charge in [-0.1, -0.05) is 20.4 Å². The van der Waals surface area contributed by atoms with Gasteiger partial charge in [0.25, 0.3) is 0 Å². The average molecular weight is 219 g/mol. The van der Waals surface area contributed by atoms with Crippen LogP contribution in [0.5, 0.6) is 5.75 Å². The van der Waals surface area contributed by atoms with Crippen molar-refractivity contribution in [2.45, 2.75) is 19.8 Å². The van der Waals surface area contributed by atoms with Crippen LogP contribution in [0.15, 0.2) is 30.9 Å². The second-order valence-corrected chi connectivity index (χ2v) is 3.80. The van der Waals surface area contributed by atoms with Crippen molar-refractivity contribution in [1.29, 1.82) is 0 Å². The minimum Gasteiger partial charge on any atom is -0.496 e. The minimum absolute atomic E-state index is 0.208. The van der Waals surface area contributed by atoms with E-state index in [-0.39, 0.29) is 5.91 Å².